The summed E-state index contributed by atoms with van der Waals surface area (Å²) in [6.07, 6.45) is 3.91. The lowest BCUT2D eigenvalue weighted by Crippen LogP contribution is -2.43. The molecule has 1 unspecified atom stereocenters. The molecule has 0 spiro atoms. The molecular weight excluding hydrogens is 350 g/mol. The Kier molecular flexibility index (Phi) is 6.89. The molecule has 3 atom stereocenters. The Morgan fingerprint density at radius 2 is 1.93 bits per heavy atom. The van der Waals surface area contributed by atoms with Gasteiger partial charge in [-0.05, 0) is 55.7 Å². The van der Waals surface area contributed by atoms with Gasteiger partial charge in [-0.15, -0.1) is 0 Å². The van der Waals surface area contributed by atoms with E-state index in [1.165, 1.54) is 6.42 Å². The Balaban J connectivity index is 2.10. The van der Waals surface area contributed by atoms with Crippen molar-refractivity contribution in [3.05, 3.63) is 39.9 Å². The maximum atomic E-state index is 13.3. The van der Waals surface area contributed by atoms with E-state index in [4.69, 9.17) is 4.98 Å². The summed E-state index contributed by atoms with van der Waals surface area (Å²) >= 11 is 0. The number of fused-ring (bicyclic) bond motifs is 1. The first-order valence-electron chi connectivity index (χ1n) is 10.9. The number of aliphatic hydroxyl groups is 1. The summed E-state index contributed by atoms with van der Waals surface area (Å²) in [6.45, 7) is 11.7. The smallest absolute Gasteiger partial charge is 0.261 e. The summed E-state index contributed by atoms with van der Waals surface area (Å²) in [5.74, 6) is 2.26. The fraction of sp³-hybridized carbons (Fsp3) is 0.652. The molecular formula is C23H35N3O2. The Hall–Kier alpha value is -1.72. The molecule has 28 heavy (non-hydrogen) atoms. The summed E-state index contributed by atoms with van der Waals surface area (Å²) in [4.78, 5) is 20.9. The van der Waals surface area contributed by atoms with Gasteiger partial charge in [0.1, 0.15) is 5.82 Å². The van der Waals surface area contributed by atoms with Crippen molar-refractivity contribution in [1.29, 1.82) is 0 Å². The first-order valence-corrected chi connectivity index (χ1v) is 10.9. The second-order valence-corrected chi connectivity index (χ2v) is 8.55. The highest BCUT2D eigenvalue weighted by atomic mass is 16.3. The van der Waals surface area contributed by atoms with Crippen LogP contribution in [-0.4, -0.2) is 39.3 Å². The molecule has 3 rings (SSSR count). The lowest BCUT2D eigenvalue weighted by molar-refractivity contribution is 0.0836. The molecule has 5 heteroatoms. The zero-order valence-corrected chi connectivity index (χ0v) is 17.8. The van der Waals surface area contributed by atoms with Crippen LogP contribution in [0.25, 0.3) is 10.9 Å². The van der Waals surface area contributed by atoms with Gasteiger partial charge in [0.2, 0.25) is 0 Å². The predicted molar refractivity (Wildman–Crippen MR) is 115 cm³/mol. The molecule has 5 nitrogen and oxygen atoms in total. The molecule has 1 fully saturated rings. The van der Waals surface area contributed by atoms with Crippen LogP contribution in [0.15, 0.2) is 23.0 Å². The lowest BCUT2D eigenvalue weighted by Gasteiger charge is -2.40. The highest BCUT2D eigenvalue weighted by molar-refractivity contribution is 5.78. The monoisotopic (exact) mass is 385 g/mol. The van der Waals surface area contributed by atoms with Gasteiger partial charge >= 0.3 is 0 Å². The van der Waals surface area contributed by atoms with E-state index in [9.17, 15) is 9.90 Å². The number of piperidine rings is 1. The largest absolute Gasteiger partial charge is 0.396 e. The van der Waals surface area contributed by atoms with E-state index in [0.29, 0.717) is 30.2 Å². The Morgan fingerprint density at radius 1 is 1.21 bits per heavy atom. The van der Waals surface area contributed by atoms with Crippen LogP contribution in [0, 0.1) is 11.8 Å². The van der Waals surface area contributed by atoms with Crippen molar-refractivity contribution < 1.29 is 5.11 Å². The van der Waals surface area contributed by atoms with Gasteiger partial charge < -0.3 is 5.11 Å². The fourth-order valence-electron chi connectivity index (χ4n) is 4.84. The number of nitrogens with zero attached hydrogens (tertiary/aromatic N) is 3. The maximum Gasteiger partial charge on any atom is 0.261 e. The minimum absolute atomic E-state index is 0.0431. The Morgan fingerprint density at radius 3 is 2.54 bits per heavy atom. The van der Waals surface area contributed by atoms with E-state index in [0.717, 1.165) is 42.8 Å². The van der Waals surface area contributed by atoms with Gasteiger partial charge in [-0.25, -0.2) is 4.98 Å². The standard InChI is InChI=1S/C23H35N3O2/c1-5-7-21(25-14-16(3)12-17(4)15-25)22-24-20-9-8-18(10-11-27)13-19(20)23(28)26(22)6-2/h8-9,13,16-17,21,27H,5-7,10-12,14-15H2,1-4H3/t16-,17+,21?. The number of hydrogen-bond donors (Lipinski definition) is 1. The molecule has 0 amide bonds. The topological polar surface area (TPSA) is 58.4 Å². The molecule has 0 aliphatic carbocycles. The van der Waals surface area contributed by atoms with E-state index in [1.54, 1.807) is 0 Å². The highest BCUT2D eigenvalue weighted by Gasteiger charge is 2.30. The average molecular weight is 386 g/mol. The van der Waals surface area contributed by atoms with Gasteiger partial charge in [0.25, 0.3) is 5.56 Å². The zero-order chi connectivity index (χ0) is 20.3. The number of benzene rings is 1. The highest BCUT2D eigenvalue weighted by Crippen LogP contribution is 2.31. The van der Waals surface area contributed by atoms with Gasteiger partial charge in [0.05, 0.1) is 16.9 Å². The average Bonchev–Trinajstić information content (AvgIpc) is 2.66. The van der Waals surface area contributed by atoms with Gasteiger partial charge in [-0.1, -0.05) is 33.3 Å². The molecule has 1 aromatic heterocycles. The minimum atomic E-state index is 0.0431. The fourth-order valence-corrected chi connectivity index (χ4v) is 4.84. The molecule has 2 heterocycles. The third-order valence-corrected chi connectivity index (χ3v) is 5.96. The molecule has 1 saturated heterocycles. The quantitative estimate of drug-likeness (QED) is 0.788. The number of aromatic nitrogens is 2. The lowest BCUT2D eigenvalue weighted by atomic mass is 9.90. The van der Waals surface area contributed by atoms with Gasteiger partial charge in [0, 0.05) is 26.2 Å². The first kappa shape index (κ1) is 21.0. The Bertz CT molecular complexity index is 851. The van der Waals surface area contributed by atoms with E-state index in [-0.39, 0.29) is 18.2 Å². The van der Waals surface area contributed by atoms with Crippen LogP contribution in [0.3, 0.4) is 0 Å². The van der Waals surface area contributed by atoms with Gasteiger partial charge in [-0.3, -0.25) is 14.3 Å². The van der Waals surface area contributed by atoms with E-state index in [2.05, 4.69) is 25.7 Å². The number of likely N-dealkylation sites (tertiary alicyclic amines) is 1. The predicted octanol–water partition coefficient (Wildman–Crippen LogP) is 3.77. The van der Waals surface area contributed by atoms with Crippen molar-refractivity contribution in [3.8, 4) is 0 Å². The third-order valence-electron chi connectivity index (χ3n) is 5.96. The second-order valence-electron chi connectivity index (χ2n) is 8.55. The number of aliphatic hydroxyl groups excluding tert-OH is 1. The Labute approximate surface area is 168 Å². The second kappa shape index (κ2) is 9.19. The summed E-state index contributed by atoms with van der Waals surface area (Å²) in [7, 11) is 0. The van der Waals surface area contributed by atoms with Crippen LogP contribution in [0.1, 0.15) is 64.4 Å². The van der Waals surface area contributed by atoms with Crippen LogP contribution in [0.5, 0.6) is 0 Å². The van der Waals surface area contributed by atoms with Crippen LogP contribution in [0.4, 0.5) is 0 Å². The summed E-state index contributed by atoms with van der Waals surface area (Å²) < 4.78 is 1.87. The molecule has 0 bridgehead atoms. The van der Waals surface area contributed by atoms with Crippen molar-refractivity contribution in [2.24, 2.45) is 11.8 Å². The number of hydrogen-bond acceptors (Lipinski definition) is 4. The molecule has 0 saturated carbocycles. The summed E-state index contributed by atoms with van der Waals surface area (Å²) in [5, 5.41) is 9.88. The van der Waals surface area contributed by atoms with Gasteiger partial charge in [-0.2, -0.15) is 0 Å². The number of rotatable bonds is 7. The van der Waals surface area contributed by atoms with Crippen molar-refractivity contribution >= 4 is 10.9 Å². The zero-order valence-electron chi connectivity index (χ0n) is 17.8. The van der Waals surface area contributed by atoms with Crippen molar-refractivity contribution in [2.75, 3.05) is 19.7 Å². The normalized spacial score (nSPS) is 21.9. The van der Waals surface area contributed by atoms with E-state index in [1.807, 2.05) is 29.7 Å². The molecule has 1 N–H and O–H groups in total. The SMILES string of the molecule is CCCC(c1nc2ccc(CCO)cc2c(=O)n1CC)N1C[C@H](C)C[C@H](C)C1. The molecule has 1 aromatic carbocycles. The van der Waals surface area contributed by atoms with Crippen molar-refractivity contribution in [2.45, 2.75) is 66.0 Å². The van der Waals surface area contributed by atoms with Crippen LogP contribution < -0.4 is 5.56 Å². The van der Waals surface area contributed by atoms with Crippen LogP contribution in [0.2, 0.25) is 0 Å². The first-order chi connectivity index (χ1) is 13.5. The molecule has 1 aliphatic heterocycles. The minimum Gasteiger partial charge on any atom is -0.396 e. The molecule has 0 radical (unpaired) electrons. The third kappa shape index (κ3) is 4.31. The summed E-state index contributed by atoms with van der Waals surface area (Å²) in [5.41, 5.74) is 1.79. The van der Waals surface area contributed by atoms with Crippen LogP contribution in [-0.2, 0) is 13.0 Å². The molecule has 2 aromatic rings. The van der Waals surface area contributed by atoms with Crippen molar-refractivity contribution in [1.82, 2.24) is 14.5 Å². The van der Waals surface area contributed by atoms with E-state index >= 15 is 0 Å². The molecule has 1 aliphatic rings. The van der Waals surface area contributed by atoms with Crippen LogP contribution >= 0.6 is 0 Å². The molecule has 154 valence electrons. The van der Waals surface area contributed by atoms with E-state index < -0.39 is 0 Å². The van der Waals surface area contributed by atoms with Gasteiger partial charge in [0.15, 0.2) is 0 Å². The maximum absolute atomic E-state index is 13.3. The van der Waals surface area contributed by atoms with Crippen molar-refractivity contribution in [3.63, 3.8) is 0 Å². The summed E-state index contributed by atoms with van der Waals surface area (Å²) in [6, 6.07) is 6.00.